The fourth-order valence-electron chi connectivity index (χ4n) is 1.37. The van der Waals surface area contributed by atoms with E-state index in [0.717, 1.165) is 16.7 Å². The van der Waals surface area contributed by atoms with Gasteiger partial charge in [0.2, 0.25) is 5.95 Å². The topological polar surface area (TPSA) is 42.0 Å². The van der Waals surface area contributed by atoms with Gasteiger partial charge in [0, 0.05) is 10.7 Å². The molecule has 1 amide bonds. The van der Waals surface area contributed by atoms with Crippen molar-refractivity contribution in [3.8, 4) is 0 Å². The van der Waals surface area contributed by atoms with Crippen LogP contribution in [0.4, 0.5) is 14.5 Å². The number of hydrogen-bond donors (Lipinski definition) is 1. The molecule has 0 aliphatic heterocycles. The molecule has 0 saturated heterocycles. The summed E-state index contributed by atoms with van der Waals surface area (Å²) in [6.07, 6.45) is 1.01. The lowest BCUT2D eigenvalue weighted by Crippen LogP contribution is -2.15. The molecule has 0 aliphatic rings. The Morgan fingerprint density at radius 1 is 1.32 bits per heavy atom. The third-order valence-corrected chi connectivity index (χ3v) is 3.08. The average molecular weight is 348 g/mol. The first-order valence-electron chi connectivity index (χ1n) is 5.05. The summed E-state index contributed by atoms with van der Waals surface area (Å²) in [5, 5.41) is 2.67. The summed E-state index contributed by atoms with van der Waals surface area (Å²) < 4.78 is 27.0. The molecular weight excluding hydrogens is 341 g/mol. The number of aromatic nitrogens is 1. The average Bonchev–Trinajstić information content (AvgIpc) is 2.36. The molecule has 7 heteroatoms. The second-order valence-corrected chi connectivity index (χ2v) is 4.86. The largest absolute Gasteiger partial charge is 0.321 e. The van der Waals surface area contributed by atoms with Crippen molar-refractivity contribution in [1.82, 2.24) is 4.98 Å². The van der Waals surface area contributed by atoms with E-state index in [4.69, 9.17) is 11.6 Å². The minimum Gasteiger partial charge on any atom is -0.321 e. The Labute approximate surface area is 120 Å². The van der Waals surface area contributed by atoms with Crippen LogP contribution in [0, 0.1) is 11.8 Å². The third-order valence-electron chi connectivity index (χ3n) is 2.27. The zero-order valence-corrected chi connectivity index (χ0v) is 11.6. The van der Waals surface area contributed by atoms with Crippen LogP contribution in [0.15, 0.2) is 34.9 Å². The van der Waals surface area contributed by atoms with E-state index in [-0.39, 0.29) is 5.02 Å². The molecule has 0 fully saturated rings. The summed E-state index contributed by atoms with van der Waals surface area (Å²) in [6, 6.07) is 5.85. The normalized spacial score (nSPS) is 10.3. The zero-order chi connectivity index (χ0) is 14.0. The smallest absolute Gasteiger partial charge is 0.258 e. The predicted molar refractivity (Wildman–Crippen MR) is 71.3 cm³/mol. The standard InChI is InChI=1S/C12H6BrClF2N2O/c13-6-1-2-9(8(14)5-6)18-12(19)7-3-4-17-11(16)10(7)15/h1-5H,(H,18,19). The Kier molecular flexibility index (Phi) is 4.11. The predicted octanol–water partition coefficient (Wildman–Crippen LogP) is 4.03. The summed E-state index contributed by atoms with van der Waals surface area (Å²) in [6.45, 7) is 0. The van der Waals surface area contributed by atoms with E-state index in [1.807, 2.05) is 0 Å². The molecule has 0 radical (unpaired) electrons. The molecule has 0 bridgehead atoms. The number of hydrogen-bond acceptors (Lipinski definition) is 2. The quantitative estimate of drug-likeness (QED) is 0.834. The van der Waals surface area contributed by atoms with Crippen molar-refractivity contribution in [2.75, 3.05) is 5.32 Å². The summed E-state index contributed by atoms with van der Waals surface area (Å²) in [7, 11) is 0. The van der Waals surface area contributed by atoms with Gasteiger partial charge in [0.25, 0.3) is 5.91 Å². The Morgan fingerprint density at radius 3 is 2.74 bits per heavy atom. The Morgan fingerprint density at radius 2 is 2.05 bits per heavy atom. The van der Waals surface area contributed by atoms with Gasteiger partial charge >= 0.3 is 0 Å². The van der Waals surface area contributed by atoms with Crippen molar-refractivity contribution < 1.29 is 13.6 Å². The molecule has 0 saturated carbocycles. The molecule has 0 spiro atoms. The first-order valence-corrected chi connectivity index (χ1v) is 6.22. The monoisotopic (exact) mass is 346 g/mol. The fraction of sp³-hybridized carbons (Fsp3) is 0. The van der Waals surface area contributed by atoms with Gasteiger partial charge in [-0.05, 0) is 24.3 Å². The van der Waals surface area contributed by atoms with Gasteiger partial charge in [-0.2, -0.15) is 4.39 Å². The highest BCUT2D eigenvalue weighted by atomic mass is 79.9. The van der Waals surface area contributed by atoms with Gasteiger partial charge in [-0.25, -0.2) is 9.37 Å². The second-order valence-electron chi connectivity index (χ2n) is 3.54. The number of anilines is 1. The molecule has 1 aromatic carbocycles. The summed E-state index contributed by atoms with van der Waals surface area (Å²) >= 11 is 9.12. The Hall–Kier alpha value is -1.53. The van der Waals surface area contributed by atoms with E-state index in [0.29, 0.717) is 5.69 Å². The van der Waals surface area contributed by atoms with Gasteiger partial charge in [-0.1, -0.05) is 27.5 Å². The molecule has 3 nitrogen and oxygen atoms in total. The number of halogens is 4. The van der Waals surface area contributed by atoms with Crippen LogP contribution >= 0.6 is 27.5 Å². The maximum absolute atomic E-state index is 13.4. The molecule has 1 N–H and O–H groups in total. The van der Waals surface area contributed by atoms with Gasteiger partial charge in [-0.15, -0.1) is 0 Å². The SMILES string of the molecule is O=C(Nc1ccc(Br)cc1Cl)c1ccnc(F)c1F. The van der Waals surface area contributed by atoms with Gasteiger partial charge in [0.1, 0.15) is 0 Å². The van der Waals surface area contributed by atoms with Crippen molar-refractivity contribution in [2.24, 2.45) is 0 Å². The number of rotatable bonds is 2. The highest BCUT2D eigenvalue weighted by Gasteiger charge is 2.17. The zero-order valence-electron chi connectivity index (χ0n) is 9.25. The van der Waals surface area contributed by atoms with E-state index in [2.05, 4.69) is 26.2 Å². The Balaban J connectivity index is 2.28. The lowest BCUT2D eigenvalue weighted by molar-refractivity contribution is 0.102. The maximum Gasteiger partial charge on any atom is 0.258 e. The number of pyridine rings is 1. The van der Waals surface area contributed by atoms with Gasteiger partial charge < -0.3 is 5.32 Å². The minimum atomic E-state index is -1.32. The van der Waals surface area contributed by atoms with Gasteiger partial charge in [0.05, 0.1) is 16.3 Å². The summed E-state index contributed by atoms with van der Waals surface area (Å²) in [5.41, 5.74) is -0.141. The second kappa shape index (κ2) is 5.63. The number of amides is 1. The maximum atomic E-state index is 13.4. The lowest BCUT2D eigenvalue weighted by atomic mass is 10.2. The van der Waals surface area contributed by atoms with Crippen LogP contribution < -0.4 is 5.32 Å². The molecule has 2 rings (SSSR count). The number of carbonyl (C=O) groups excluding carboxylic acids is 1. The third kappa shape index (κ3) is 3.08. The van der Waals surface area contributed by atoms with Gasteiger partial charge in [-0.3, -0.25) is 4.79 Å². The van der Waals surface area contributed by atoms with Crippen molar-refractivity contribution >= 4 is 39.1 Å². The van der Waals surface area contributed by atoms with E-state index >= 15 is 0 Å². The molecule has 0 aliphatic carbocycles. The highest BCUT2D eigenvalue weighted by molar-refractivity contribution is 9.10. The number of benzene rings is 1. The molecule has 19 heavy (non-hydrogen) atoms. The lowest BCUT2D eigenvalue weighted by Gasteiger charge is -2.08. The van der Waals surface area contributed by atoms with Crippen LogP contribution in [0.3, 0.4) is 0 Å². The fourth-order valence-corrected chi connectivity index (χ4v) is 2.09. The van der Waals surface area contributed by atoms with Crippen molar-refractivity contribution in [1.29, 1.82) is 0 Å². The van der Waals surface area contributed by atoms with Crippen LogP contribution in [-0.2, 0) is 0 Å². The van der Waals surface area contributed by atoms with Crippen LogP contribution in [-0.4, -0.2) is 10.9 Å². The molecule has 1 aromatic heterocycles. The van der Waals surface area contributed by atoms with Crippen molar-refractivity contribution in [2.45, 2.75) is 0 Å². The minimum absolute atomic E-state index is 0.276. The summed E-state index contributed by atoms with van der Waals surface area (Å²) in [5.74, 6) is -3.43. The molecule has 0 unspecified atom stereocenters. The van der Waals surface area contributed by atoms with Crippen LogP contribution in [0.5, 0.6) is 0 Å². The van der Waals surface area contributed by atoms with Crippen LogP contribution in [0.1, 0.15) is 10.4 Å². The number of carbonyl (C=O) groups is 1. The van der Waals surface area contributed by atoms with Gasteiger partial charge in [0.15, 0.2) is 5.82 Å². The van der Waals surface area contributed by atoms with Crippen LogP contribution in [0.2, 0.25) is 5.02 Å². The van der Waals surface area contributed by atoms with E-state index in [9.17, 15) is 13.6 Å². The molecule has 2 aromatic rings. The number of nitrogens with zero attached hydrogens (tertiary/aromatic N) is 1. The first-order chi connectivity index (χ1) is 8.99. The van der Waals surface area contributed by atoms with Crippen molar-refractivity contribution in [3.05, 3.63) is 57.3 Å². The Bertz CT molecular complexity index is 652. The molecule has 0 atom stereocenters. The van der Waals surface area contributed by atoms with E-state index < -0.39 is 23.2 Å². The molecule has 1 heterocycles. The van der Waals surface area contributed by atoms with Crippen molar-refractivity contribution in [3.63, 3.8) is 0 Å². The highest BCUT2D eigenvalue weighted by Crippen LogP contribution is 2.26. The molecular formula is C12H6BrClF2N2O. The van der Waals surface area contributed by atoms with E-state index in [1.54, 1.807) is 18.2 Å². The van der Waals surface area contributed by atoms with Crippen LogP contribution in [0.25, 0.3) is 0 Å². The number of nitrogens with one attached hydrogen (secondary N) is 1. The summed E-state index contributed by atoms with van der Waals surface area (Å²) in [4.78, 5) is 14.9. The molecule has 98 valence electrons. The van der Waals surface area contributed by atoms with E-state index in [1.165, 1.54) is 0 Å². The first kappa shape index (κ1) is 13.9.